The van der Waals surface area contributed by atoms with E-state index in [1.165, 1.54) is 4.90 Å². The molecule has 4 N–H and O–H groups in total. The molecule has 31 heavy (non-hydrogen) atoms. The van der Waals surface area contributed by atoms with Crippen LogP contribution < -0.4 is 0 Å². The molecule has 0 saturated heterocycles. The number of likely N-dealkylation sites (N-methyl/N-ethyl adjacent to an activating group) is 1. The molecule has 3 aliphatic rings. The third-order valence-electron chi connectivity index (χ3n) is 6.65. The highest BCUT2D eigenvalue weighted by Gasteiger charge is 2.64. The van der Waals surface area contributed by atoms with Gasteiger partial charge in [-0.1, -0.05) is 0 Å². The molecule has 9 heteroatoms. The summed E-state index contributed by atoms with van der Waals surface area (Å²) < 4.78 is 14.4. The lowest BCUT2D eigenvalue weighted by atomic mass is 9.57. The minimum atomic E-state index is -2.62. The third kappa shape index (κ3) is 2.63. The maximum absolute atomic E-state index is 14.4. The van der Waals surface area contributed by atoms with E-state index in [1.54, 1.807) is 14.1 Å². The van der Waals surface area contributed by atoms with Gasteiger partial charge < -0.3 is 20.4 Å². The van der Waals surface area contributed by atoms with Crippen LogP contribution in [0.15, 0.2) is 29.0 Å². The molecular formula is C22H22FNO7. The number of benzene rings is 1. The van der Waals surface area contributed by atoms with Gasteiger partial charge in [-0.3, -0.25) is 19.3 Å². The van der Waals surface area contributed by atoms with Gasteiger partial charge in [0.05, 0.1) is 11.6 Å². The van der Waals surface area contributed by atoms with E-state index >= 15 is 0 Å². The number of rotatable bonds is 2. The Kier molecular flexibility index (Phi) is 4.60. The van der Waals surface area contributed by atoms with Gasteiger partial charge in [-0.2, -0.15) is 0 Å². The Morgan fingerprint density at radius 2 is 1.84 bits per heavy atom. The van der Waals surface area contributed by atoms with Gasteiger partial charge >= 0.3 is 0 Å². The van der Waals surface area contributed by atoms with E-state index in [9.17, 15) is 39.2 Å². The molecule has 0 aromatic heterocycles. The average Bonchev–Trinajstić information content (AvgIpc) is 2.67. The highest BCUT2D eigenvalue weighted by molar-refractivity contribution is 6.25. The summed E-state index contributed by atoms with van der Waals surface area (Å²) in [7, 11) is 3.09. The number of carbonyl (C=O) groups is 3. The topological polar surface area (TPSA) is 135 Å². The normalized spacial score (nSPS) is 30.3. The van der Waals surface area contributed by atoms with Gasteiger partial charge in [0.15, 0.2) is 17.2 Å². The first-order valence-corrected chi connectivity index (χ1v) is 9.79. The van der Waals surface area contributed by atoms with Crippen LogP contribution in [0.1, 0.15) is 24.5 Å². The van der Waals surface area contributed by atoms with Crippen LogP contribution in [-0.2, 0) is 20.8 Å². The van der Waals surface area contributed by atoms with Crippen LogP contribution in [0, 0.1) is 17.7 Å². The van der Waals surface area contributed by atoms with Gasteiger partial charge in [0.2, 0.25) is 5.78 Å². The summed E-state index contributed by atoms with van der Waals surface area (Å²) in [6.07, 6.45) is -0.0916. The van der Waals surface area contributed by atoms with Crippen molar-refractivity contribution in [3.63, 3.8) is 0 Å². The molecule has 0 aliphatic heterocycles. The molecule has 8 nitrogen and oxygen atoms in total. The van der Waals surface area contributed by atoms with Gasteiger partial charge in [-0.05, 0) is 51.9 Å². The first-order valence-electron chi connectivity index (χ1n) is 9.79. The summed E-state index contributed by atoms with van der Waals surface area (Å²) in [5, 5.41) is 43.1. The molecule has 0 bridgehead atoms. The van der Waals surface area contributed by atoms with Crippen LogP contribution in [0.25, 0.3) is 5.76 Å². The van der Waals surface area contributed by atoms with Crippen LogP contribution in [-0.4, -0.2) is 68.4 Å². The number of phenols is 1. The first-order chi connectivity index (χ1) is 14.4. The number of carbonyl (C=O) groups excluding carboxylic acids is 3. The largest absolute Gasteiger partial charge is 0.508 e. The minimum Gasteiger partial charge on any atom is -0.508 e. The molecule has 2 unspecified atom stereocenters. The molecule has 0 spiro atoms. The Labute approximate surface area is 176 Å². The van der Waals surface area contributed by atoms with Gasteiger partial charge in [-0.25, -0.2) is 4.39 Å². The maximum atomic E-state index is 14.4. The second kappa shape index (κ2) is 6.73. The molecule has 0 radical (unpaired) electrons. The zero-order chi connectivity index (χ0) is 23.0. The lowest BCUT2D eigenvalue weighted by Gasteiger charge is -2.50. The van der Waals surface area contributed by atoms with Crippen LogP contribution in [0.4, 0.5) is 4.39 Å². The fourth-order valence-corrected chi connectivity index (χ4v) is 5.31. The minimum absolute atomic E-state index is 0.0252. The van der Waals surface area contributed by atoms with Crippen molar-refractivity contribution in [2.45, 2.75) is 31.4 Å². The average molecular weight is 431 g/mol. The van der Waals surface area contributed by atoms with Gasteiger partial charge in [0, 0.05) is 17.1 Å². The second-order valence-corrected chi connectivity index (χ2v) is 8.57. The Bertz CT molecular complexity index is 1120. The van der Waals surface area contributed by atoms with Crippen molar-refractivity contribution in [1.82, 2.24) is 4.90 Å². The quantitative estimate of drug-likeness (QED) is 0.513. The van der Waals surface area contributed by atoms with Crippen LogP contribution in [0.3, 0.4) is 0 Å². The van der Waals surface area contributed by atoms with Crippen LogP contribution in [0.5, 0.6) is 5.75 Å². The van der Waals surface area contributed by atoms with Crippen LogP contribution in [0.2, 0.25) is 0 Å². The molecule has 164 valence electrons. The number of aromatic hydroxyl groups is 1. The number of aliphatic hydroxyl groups excluding tert-OH is 2. The van der Waals surface area contributed by atoms with E-state index in [2.05, 4.69) is 0 Å². The SMILES string of the molecule is CC(=O)C1=C(O)[C@@]2(O)C(=O)C3=C(O)c4c(O)ccc(F)c4CC3CC2[C@H](N(C)C)C1=O. The van der Waals surface area contributed by atoms with Crippen LogP contribution >= 0.6 is 0 Å². The van der Waals surface area contributed by atoms with Crippen molar-refractivity contribution in [2.75, 3.05) is 14.1 Å². The monoisotopic (exact) mass is 431 g/mol. The number of aliphatic hydroxyl groups is 3. The van der Waals surface area contributed by atoms with E-state index in [0.717, 1.165) is 19.1 Å². The van der Waals surface area contributed by atoms with Crippen molar-refractivity contribution < 1.29 is 39.2 Å². The lowest BCUT2D eigenvalue weighted by molar-refractivity contribution is -0.153. The molecule has 1 saturated carbocycles. The highest BCUT2D eigenvalue weighted by atomic mass is 19.1. The van der Waals surface area contributed by atoms with Crippen molar-refractivity contribution in [3.05, 3.63) is 46.0 Å². The van der Waals surface area contributed by atoms with E-state index in [1.807, 2.05) is 0 Å². The van der Waals surface area contributed by atoms with Gasteiger partial charge in [0.25, 0.3) is 0 Å². The zero-order valence-corrected chi connectivity index (χ0v) is 17.1. The van der Waals surface area contributed by atoms with Crippen molar-refractivity contribution in [1.29, 1.82) is 0 Å². The maximum Gasteiger partial charge on any atom is 0.202 e. The Balaban J connectivity index is 1.99. The number of halogens is 1. The molecule has 4 atom stereocenters. The van der Waals surface area contributed by atoms with E-state index in [-0.39, 0.29) is 29.5 Å². The predicted octanol–water partition coefficient (Wildman–Crippen LogP) is 1.21. The lowest BCUT2D eigenvalue weighted by Crippen LogP contribution is -2.65. The number of hydrogen-bond acceptors (Lipinski definition) is 8. The summed E-state index contributed by atoms with van der Waals surface area (Å²) in [4.78, 5) is 40.0. The molecular weight excluding hydrogens is 409 g/mol. The summed E-state index contributed by atoms with van der Waals surface area (Å²) in [6.45, 7) is 1.05. The summed E-state index contributed by atoms with van der Waals surface area (Å²) >= 11 is 0. The summed E-state index contributed by atoms with van der Waals surface area (Å²) in [6, 6.07) is 0.999. The number of hydrogen-bond donors (Lipinski definition) is 4. The van der Waals surface area contributed by atoms with Crippen molar-refractivity contribution >= 4 is 23.1 Å². The molecule has 0 amide bonds. The molecule has 0 heterocycles. The second-order valence-electron chi connectivity index (χ2n) is 8.57. The van der Waals surface area contributed by atoms with Gasteiger partial charge in [0.1, 0.15) is 28.7 Å². The van der Waals surface area contributed by atoms with Crippen molar-refractivity contribution in [2.24, 2.45) is 11.8 Å². The van der Waals surface area contributed by atoms with E-state index < -0.39 is 69.5 Å². The predicted molar refractivity (Wildman–Crippen MR) is 106 cm³/mol. The highest BCUT2D eigenvalue weighted by Crippen LogP contribution is 2.52. The number of fused-ring (bicyclic) bond motifs is 3. The number of ketones is 3. The molecule has 3 aliphatic carbocycles. The molecule has 1 fully saturated rings. The molecule has 1 aromatic carbocycles. The zero-order valence-electron chi connectivity index (χ0n) is 17.1. The van der Waals surface area contributed by atoms with Gasteiger partial charge in [-0.15, -0.1) is 0 Å². The molecule has 1 aromatic rings. The number of Topliss-reactive ketones (excluding diaryl/α,β-unsaturated/α-hetero) is 3. The third-order valence-corrected chi connectivity index (χ3v) is 6.65. The van der Waals surface area contributed by atoms with E-state index in [0.29, 0.717) is 0 Å². The number of nitrogens with zero attached hydrogens (tertiary/aromatic N) is 1. The summed E-state index contributed by atoms with van der Waals surface area (Å²) in [5.41, 5.74) is -3.77. The van der Waals surface area contributed by atoms with Crippen molar-refractivity contribution in [3.8, 4) is 5.75 Å². The Hall–Kier alpha value is -3.04. The fraction of sp³-hybridized carbons (Fsp3) is 0.409. The Morgan fingerprint density at radius 3 is 2.42 bits per heavy atom. The molecule has 4 rings (SSSR count). The Morgan fingerprint density at radius 1 is 1.19 bits per heavy atom. The van der Waals surface area contributed by atoms with E-state index in [4.69, 9.17) is 0 Å². The number of phenolic OH excluding ortho intramolecular Hbond substituents is 1. The smallest absolute Gasteiger partial charge is 0.202 e. The standard InChI is InChI=1S/C22H22FNO7/c1-8(25)14-19(28)17(24(2)3)11-7-9-6-10-12(23)4-5-13(26)16(10)18(27)15(9)21(30)22(11,31)20(14)29/h4-5,9,11,17,26-27,29,31H,6-7H2,1-3H3/t9?,11?,17-,22+/m0/s1. The summed E-state index contributed by atoms with van der Waals surface area (Å²) in [5.74, 6) is -7.30. The first kappa shape index (κ1) is 21.2. The fourth-order valence-electron chi connectivity index (χ4n) is 5.31.